The van der Waals surface area contributed by atoms with Crippen molar-refractivity contribution in [2.24, 2.45) is 0 Å². The quantitative estimate of drug-likeness (QED) is 0.822. The number of benzene rings is 1. The maximum absolute atomic E-state index is 9.13. The van der Waals surface area contributed by atoms with Crippen molar-refractivity contribution in [3.63, 3.8) is 0 Å². The topological polar surface area (TPSA) is 68.4 Å². The molecule has 0 aliphatic heterocycles. The fourth-order valence-corrected chi connectivity index (χ4v) is 1.35. The number of nitrogens with two attached hydrogens (primary N) is 1. The van der Waals surface area contributed by atoms with E-state index in [1.165, 1.54) is 0 Å². The van der Waals surface area contributed by atoms with Gasteiger partial charge in [-0.2, -0.15) is 0 Å². The summed E-state index contributed by atoms with van der Waals surface area (Å²) in [6.45, 7) is -0.0636. The van der Waals surface area contributed by atoms with E-state index in [4.69, 9.17) is 15.6 Å². The molecule has 0 saturated carbocycles. The molecule has 0 atom stereocenters. The van der Waals surface area contributed by atoms with Crippen LogP contribution in [0.3, 0.4) is 0 Å². The Kier molecular flexibility index (Phi) is 3.03. The number of hydrogen-bond donors (Lipinski definition) is 2. The first-order valence-corrected chi connectivity index (χ1v) is 4.87. The standard InChI is InChI=1S/C12H12N2O2/c13-10-5-11(7-14-6-10)16-12-4-2-1-3-9(12)8-15/h1-7,15H,8,13H2. The lowest BCUT2D eigenvalue weighted by molar-refractivity contribution is 0.276. The lowest BCUT2D eigenvalue weighted by Gasteiger charge is -2.09. The zero-order valence-electron chi connectivity index (χ0n) is 8.63. The first-order valence-electron chi connectivity index (χ1n) is 4.87. The molecule has 0 aliphatic rings. The molecule has 1 aromatic heterocycles. The van der Waals surface area contributed by atoms with E-state index in [9.17, 15) is 0 Å². The van der Waals surface area contributed by atoms with Gasteiger partial charge in [-0.1, -0.05) is 18.2 Å². The van der Waals surface area contributed by atoms with E-state index in [0.717, 1.165) is 5.56 Å². The van der Waals surface area contributed by atoms with Crippen molar-refractivity contribution in [1.82, 2.24) is 4.98 Å². The molecule has 4 nitrogen and oxygen atoms in total. The summed E-state index contributed by atoms with van der Waals surface area (Å²) in [5.41, 5.74) is 6.86. The van der Waals surface area contributed by atoms with E-state index in [1.807, 2.05) is 12.1 Å². The van der Waals surface area contributed by atoms with Gasteiger partial charge in [0.1, 0.15) is 11.5 Å². The first kappa shape index (κ1) is 10.4. The zero-order valence-corrected chi connectivity index (χ0v) is 8.63. The molecule has 0 bridgehead atoms. The van der Waals surface area contributed by atoms with Gasteiger partial charge in [0.2, 0.25) is 0 Å². The SMILES string of the molecule is Nc1cncc(Oc2ccccc2CO)c1. The second kappa shape index (κ2) is 4.63. The number of hydrogen-bond acceptors (Lipinski definition) is 4. The Morgan fingerprint density at radius 2 is 2.06 bits per heavy atom. The number of anilines is 1. The fourth-order valence-electron chi connectivity index (χ4n) is 1.35. The third-order valence-electron chi connectivity index (χ3n) is 2.11. The summed E-state index contributed by atoms with van der Waals surface area (Å²) in [5, 5.41) is 9.13. The number of pyridine rings is 1. The lowest BCUT2D eigenvalue weighted by atomic mass is 10.2. The average molecular weight is 216 g/mol. The number of aliphatic hydroxyl groups excluding tert-OH is 1. The van der Waals surface area contributed by atoms with E-state index in [2.05, 4.69) is 4.98 Å². The van der Waals surface area contributed by atoms with Crippen LogP contribution in [0.1, 0.15) is 5.56 Å². The minimum absolute atomic E-state index is 0.0636. The van der Waals surface area contributed by atoms with Gasteiger partial charge in [-0.05, 0) is 6.07 Å². The van der Waals surface area contributed by atoms with E-state index >= 15 is 0 Å². The Morgan fingerprint density at radius 3 is 2.81 bits per heavy atom. The number of nitrogens with zero attached hydrogens (tertiary/aromatic N) is 1. The van der Waals surface area contributed by atoms with Gasteiger partial charge in [-0.15, -0.1) is 0 Å². The number of aliphatic hydroxyl groups is 1. The Bertz CT molecular complexity index is 486. The second-order valence-electron chi connectivity index (χ2n) is 3.32. The van der Waals surface area contributed by atoms with Crippen LogP contribution < -0.4 is 10.5 Å². The van der Waals surface area contributed by atoms with Crippen LogP contribution in [0, 0.1) is 0 Å². The molecule has 4 heteroatoms. The molecule has 0 fully saturated rings. The number of aromatic nitrogens is 1. The smallest absolute Gasteiger partial charge is 0.147 e. The third kappa shape index (κ3) is 2.29. The molecule has 3 N–H and O–H groups in total. The average Bonchev–Trinajstić information content (AvgIpc) is 2.30. The molecular weight excluding hydrogens is 204 g/mol. The summed E-state index contributed by atoms with van der Waals surface area (Å²) in [5.74, 6) is 1.17. The minimum atomic E-state index is -0.0636. The molecule has 0 unspecified atom stereocenters. The predicted molar refractivity (Wildman–Crippen MR) is 61.1 cm³/mol. The van der Waals surface area contributed by atoms with Gasteiger partial charge in [0.15, 0.2) is 0 Å². The van der Waals surface area contributed by atoms with Crippen molar-refractivity contribution in [3.05, 3.63) is 48.3 Å². The molecule has 0 saturated heterocycles. The highest BCUT2D eigenvalue weighted by atomic mass is 16.5. The predicted octanol–water partition coefficient (Wildman–Crippen LogP) is 1.95. The summed E-state index contributed by atoms with van der Waals surface area (Å²) < 4.78 is 5.58. The lowest BCUT2D eigenvalue weighted by Crippen LogP contribution is -1.93. The number of rotatable bonds is 3. The molecule has 82 valence electrons. The highest BCUT2D eigenvalue weighted by Crippen LogP contribution is 2.25. The van der Waals surface area contributed by atoms with Crippen LogP contribution in [0.15, 0.2) is 42.7 Å². The Hall–Kier alpha value is -2.07. The van der Waals surface area contributed by atoms with Crippen LogP contribution in [0.2, 0.25) is 0 Å². The number of ether oxygens (including phenoxy) is 1. The second-order valence-corrected chi connectivity index (χ2v) is 3.32. The molecule has 0 radical (unpaired) electrons. The van der Waals surface area contributed by atoms with E-state index in [-0.39, 0.29) is 6.61 Å². The fraction of sp³-hybridized carbons (Fsp3) is 0.0833. The van der Waals surface area contributed by atoms with Crippen LogP contribution in [-0.2, 0) is 6.61 Å². The van der Waals surface area contributed by atoms with Crippen molar-refractivity contribution in [2.75, 3.05) is 5.73 Å². The Morgan fingerprint density at radius 1 is 1.25 bits per heavy atom. The van der Waals surface area contributed by atoms with E-state index in [0.29, 0.717) is 17.2 Å². The van der Waals surface area contributed by atoms with Gasteiger partial charge < -0.3 is 15.6 Å². The van der Waals surface area contributed by atoms with Gasteiger partial charge in [0.05, 0.1) is 24.7 Å². The van der Waals surface area contributed by atoms with Crippen LogP contribution >= 0.6 is 0 Å². The van der Waals surface area contributed by atoms with Crippen LogP contribution in [-0.4, -0.2) is 10.1 Å². The molecule has 0 aliphatic carbocycles. The van der Waals surface area contributed by atoms with Gasteiger partial charge >= 0.3 is 0 Å². The molecule has 16 heavy (non-hydrogen) atoms. The van der Waals surface area contributed by atoms with Crippen molar-refractivity contribution >= 4 is 5.69 Å². The highest BCUT2D eigenvalue weighted by molar-refractivity contribution is 5.43. The highest BCUT2D eigenvalue weighted by Gasteiger charge is 2.03. The first-order chi connectivity index (χ1) is 7.79. The summed E-state index contributed by atoms with van der Waals surface area (Å²) >= 11 is 0. The third-order valence-corrected chi connectivity index (χ3v) is 2.11. The Balaban J connectivity index is 2.26. The van der Waals surface area contributed by atoms with E-state index in [1.54, 1.807) is 30.6 Å². The molecule has 0 amide bonds. The summed E-state index contributed by atoms with van der Waals surface area (Å²) in [6.07, 6.45) is 3.12. The molecule has 1 heterocycles. The minimum Gasteiger partial charge on any atom is -0.455 e. The van der Waals surface area contributed by atoms with Gasteiger partial charge in [-0.3, -0.25) is 4.98 Å². The van der Waals surface area contributed by atoms with Crippen LogP contribution in [0.25, 0.3) is 0 Å². The monoisotopic (exact) mass is 216 g/mol. The van der Waals surface area contributed by atoms with Crippen molar-refractivity contribution in [1.29, 1.82) is 0 Å². The van der Waals surface area contributed by atoms with E-state index < -0.39 is 0 Å². The maximum Gasteiger partial charge on any atom is 0.147 e. The van der Waals surface area contributed by atoms with Crippen LogP contribution in [0.5, 0.6) is 11.5 Å². The molecular formula is C12H12N2O2. The number of para-hydroxylation sites is 1. The normalized spacial score (nSPS) is 10.1. The zero-order chi connectivity index (χ0) is 11.4. The summed E-state index contributed by atoms with van der Waals surface area (Å²) in [7, 11) is 0. The van der Waals surface area contributed by atoms with Crippen molar-refractivity contribution in [2.45, 2.75) is 6.61 Å². The van der Waals surface area contributed by atoms with Gasteiger partial charge in [0, 0.05) is 11.6 Å². The van der Waals surface area contributed by atoms with Gasteiger partial charge in [-0.25, -0.2) is 0 Å². The van der Waals surface area contributed by atoms with Crippen molar-refractivity contribution < 1.29 is 9.84 Å². The number of nitrogen functional groups attached to an aromatic ring is 1. The van der Waals surface area contributed by atoms with Crippen LogP contribution in [0.4, 0.5) is 5.69 Å². The molecule has 0 spiro atoms. The molecule has 1 aromatic carbocycles. The molecule has 2 rings (SSSR count). The molecule has 2 aromatic rings. The summed E-state index contributed by atoms with van der Waals surface area (Å²) in [6, 6.07) is 8.95. The largest absolute Gasteiger partial charge is 0.455 e. The van der Waals surface area contributed by atoms with Gasteiger partial charge in [0.25, 0.3) is 0 Å². The van der Waals surface area contributed by atoms with Crippen molar-refractivity contribution in [3.8, 4) is 11.5 Å². The maximum atomic E-state index is 9.13. The summed E-state index contributed by atoms with van der Waals surface area (Å²) in [4.78, 5) is 3.92. The Labute approximate surface area is 93.3 Å².